The molecule has 13 heavy (non-hydrogen) atoms. The van der Waals surface area contributed by atoms with Crippen LogP contribution in [0.3, 0.4) is 0 Å². The Kier molecular flexibility index (Phi) is 3.39. The first-order valence-electron chi connectivity index (χ1n) is 3.38. The van der Waals surface area contributed by atoms with Gasteiger partial charge in [0.2, 0.25) is 4.84 Å². The van der Waals surface area contributed by atoms with Crippen LogP contribution in [0.4, 0.5) is 0 Å². The maximum absolute atomic E-state index is 9.44. The van der Waals surface area contributed by atoms with Gasteiger partial charge in [-0.25, -0.2) is 4.79 Å². The molecule has 0 amide bonds. The van der Waals surface area contributed by atoms with E-state index in [2.05, 4.69) is 0 Å². The molecule has 0 unspecified atom stereocenters. The predicted molar refractivity (Wildman–Crippen MR) is 50.5 cm³/mol. The maximum atomic E-state index is 9.44. The number of hydrogen-bond acceptors (Lipinski definition) is 2. The summed E-state index contributed by atoms with van der Waals surface area (Å²) >= 11 is 9.56. The lowest BCUT2D eigenvalue weighted by atomic mass is 10.4. The molecular formula is C8H6Cl2O3. The minimum atomic E-state index is -1.29. The number of fused-ring (bicyclic) bond motifs is 2. The molecule has 1 N–H and O–H groups in total. The molecule has 2 heterocycles. The van der Waals surface area contributed by atoms with Gasteiger partial charge in [0.1, 0.15) is 11.2 Å². The molecule has 0 saturated heterocycles. The smallest absolute Gasteiger partial charge is 0.337 e. The summed E-state index contributed by atoms with van der Waals surface area (Å²) in [4.78, 5) is 8.15. The summed E-state index contributed by atoms with van der Waals surface area (Å²) in [6, 6.07) is 7.81. The third-order valence-electron chi connectivity index (χ3n) is 1.25. The molecule has 2 bridgehead atoms. The Bertz CT molecular complexity index is 324. The SMILES string of the molecule is O=C(O)C(Cl)Cl.c1cc2ccc1o2. The third-order valence-corrected chi connectivity index (χ3v) is 1.62. The standard InChI is InChI=1S/C6H4O.C2H2Cl2O2/c1-2-6-4-3-5(1)7-6;3-1(4)2(5)6/h1-4H;1H,(H,5,6). The minimum absolute atomic E-state index is 0.968. The number of benzene rings is 1. The monoisotopic (exact) mass is 220 g/mol. The number of alkyl halides is 2. The van der Waals surface area contributed by atoms with Crippen molar-refractivity contribution in [2.24, 2.45) is 0 Å². The summed E-state index contributed by atoms with van der Waals surface area (Å²) in [6.07, 6.45) is 0. The fraction of sp³-hybridized carbons (Fsp3) is 0.125. The zero-order chi connectivity index (χ0) is 9.84. The van der Waals surface area contributed by atoms with Crippen molar-refractivity contribution >= 4 is 40.3 Å². The largest absolute Gasteiger partial charge is 0.479 e. The lowest BCUT2D eigenvalue weighted by molar-refractivity contribution is -0.135. The third kappa shape index (κ3) is 3.13. The lowest BCUT2D eigenvalue weighted by Crippen LogP contribution is -2.03. The highest BCUT2D eigenvalue weighted by Gasteiger charge is 2.05. The number of rotatable bonds is 1. The number of furan rings is 2. The van der Waals surface area contributed by atoms with Gasteiger partial charge in [0, 0.05) is 0 Å². The average molecular weight is 221 g/mol. The Labute approximate surface area is 84.2 Å². The summed E-state index contributed by atoms with van der Waals surface area (Å²) < 4.78 is 5.08. The number of aliphatic carboxylic acids is 1. The van der Waals surface area contributed by atoms with Crippen molar-refractivity contribution in [2.75, 3.05) is 0 Å². The van der Waals surface area contributed by atoms with Crippen molar-refractivity contribution in [1.82, 2.24) is 0 Å². The van der Waals surface area contributed by atoms with E-state index in [0.717, 1.165) is 11.2 Å². The molecule has 0 radical (unpaired) electrons. The van der Waals surface area contributed by atoms with E-state index in [-0.39, 0.29) is 0 Å². The van der Waals surface area contributed by atoms with Crippen LogP contribution in [0.25, 0.3) is 11.2 Å². The van der Waals surface area contributed by atoms with Gasteiger partial charge in [-0.05, 0) is 24.3 Å². The van der Waals surface area contributed by atoms with E-state index in [0.29, 0.717) is 0 Å². The molecule has 0 aliphatic heterocycles. The molecule has 0 fully saturated rings. The second-order valence-electron chi connectivity index (χ2n) is 2.21. The molecule has 5 heteroatoms. The Hall–Kier alpha value is -0.930. The molecule has 70 valence electrons. The molecule has 0 saturated carbocycles. The highest BCUT2D eigenvalue weighted by atomic mass is 35.5. The predicted octanol–water partition coefficient (Wildman–Crippen LogP) is 2.75. The summed E-state index contributed by atoms with van der Waals surface area (Å²) in [7, 11) is 0. The maximum Gasteiger partial charge on any atom is 0.337 e. The van der Waals surface area contributed by atoms with Crippen molar-refractivity contribution in [3.8, 4) is 0 Å². The summed E-state index contributed by atoms with van der Waals surface area (Å²) in [5, 5.41) is 7.73. The quantitative estimate of drug-likeness (QED) is 0.753. The first-order valence-corrected chi connectivity index (χ1v) is 4.26. The minimum Gasteiger partial charge on any atom is -0.479 e. The van der Waals surface area contributed by atoms with Crippen LogP contribution in [0.5, 0.6) is 0 Å². The van der Waals surface area contributed by atoms with E-state index < -0.39 is 10.8 Å². The van der Waals surface area contributed by atoms with E-state index in [4.69, 9.17) is 32.7 Å². The zero-order valence-electron chi connectivity index (χ0n) is 6.41. The molecule has 0 aromatic carbocycles. The van der Waals surface area contributed by atoms with Crippen LogP contribution in [0.2, 0.25) is 0 Å². The van der Waals surface area contributed by atoms with Crippen LogP contribution in [0, 0.1) is 0 Å². The van der Waals surface area contributed by atoms with Crippen molar-refractivity contribution in [3.05, 3.63) is 24.3 Å². The number of carboxylic acid groups (broad SMARTS) is 1. The van der Waals surface area contributed by atoms with Gasteiger partial charge < -0.3 is 9.52 Å². The van der Waals surface area contributed by atoms with Crippen molar-refractivity contribution in [3.63, 3.8) is 0 Å². The van der Waals surface area contributed by atoms with Gasteiger partial charge >= 0.3 is 5.97 Å². The molecular weight excluding hydrogens is 215 g/mol. The number of halogens is 2. The van der Waals surface area contributed by atoms with Crippen LogP contribution in [-0.4, -0.2) is 15.9 Å². The zero-order valence-corrected chi connectivity index (χ0v) is 7.92. The van der Waals surface area contributed by atoms with Crippen LogP contribution in [0.15, 0.2) is 28.7 Å². The van der Waals surface area contributed by atoms with Gasteiger partial charge in [0.25, 0.3) is 0 Å². The molecule has 0 atom stereocenters. The molecule has 3 nitrogen and oxygen atoms in total. The fourth-order valence-electron chi connectivity index (χ4n) is 0.712. The number of carboxylic acids is 1. The van der Waals surface area contributed by atoms with Crippen LogP contribution in [-0.2, 0) is 4.79 Å². The highest BCUT2D eigenvalue weighted by Crippen LogP contribution is 2.13. The lowest BCUT2D eigenvalue weighted by Gasteiger charge is -1.84. The molecule has 0 spiro atoms. The molecule has 0 aliphatic rings. The van der Waals surface area contributed by atoms with Crippen molar-refractivity contribution in [1.29, 1.82) is 0 Å². The molecule has 2 aromatic rings. The first-order chi connectivity index (χ1) is 6.09. The molecule has 2 rings (SSSR count). The average Bonchev–Trinajstić information content (AvgIpc) is 2.67. The topological polar surface area (TPSA) is 50.4 Å². The van der Waals surface area contributed by atoms with Crippen LogP contribution in [0.1, 0.15) is 0 Å². The van der Waals surface area contributed by atoms with Gasteiger partial charge in [-0.1, -0.05) is 23.2 Å². The van der Waals surface area contributed by atoms with Gasteiger partial charge in [0.15, 0.2) is 0 Å². The second-order valence-corrected chi connectivity index (χ2v) is 3.31. The summed E-state index contributed by atoms with van der Waals surface area (Å²) in [5.74, 6) is -1.21. The highest BCUT2D eigenvalue weighted by molar-refractivity contribution is 6.52. The first kappa shape index (κ1) is 10.2. The number of hydrogen-bond donors (Lipinski definition) is 1. The Morgan fingerprint density at radius 1 is 1.23 bits per heavy atom. The van der Waals surface area contributed by atoms with Crippen molar-refractivity contribution < 1.29 is 14.3 Å². The van der Waals surface area contributed by atoms with Crippen molar-refractivity contribution in [2.45, 2.75) is 4.84 Å². The van der Waals surface area contributed by atoms with E-state index in [1.807, 2.05) is 24.3 Å². The van der Waals surface area contributed by atoms with E-state index in [1.165, 1.54) is 0 Å². The van der Waals surface area contributed by atoms with Gasteiger partial charge in [-0.3, -0.25) is 0 Å². The van der Waals surface area contributed by atoms with Crippen LogP contribution >= 0.6 is 23.2 Å². The van der Waals surface area contributed by atoms with E-state index >= 15 is 0 Å². The summed E-state index contributed by atoms with van der Waals surface area (Å²) in [5.41, 5.74) is 1.94. The Balaban J connectivity index is 0.000000133. The Morgan fingerprint density at radius 2 is 1.54 bits per heavy atom. The van der Waals surface area contributed by atoms with Crippen LogP contribution < -0.4 is 0 Å². The van der Waals surface area contributed by atoms with E-state index in [9.17, 15) is 4.79 Å². The fourth-order valence-corrected chi connectivity index (χ4v) is 0.712. The van der Waals surface area contributed by atoms with Gasteiger partial charge in [-0.15, -0.1) is 0 Å². The normalized spacial score (nSPS) is 10.1. The molecule has 0 aliphatic carbocycles. The molecule has 2 aromatic heterocycles. The number of carbonyl (C=O) groups is 1. The van der Waals surface area contributed by atoms with E-state index in [1.54, 1.807) is 0 Å². The van der Waals surface area contributed by atoms with Gasteiger partial charge in [-0.2, -0.15) is 0 Å². The summed E-state index contributed by atoms with van der Waals surface area (Å²) in [6.45, 7) is 0. The van der Waals surface area contributed by atoms with Gasteiger partial charge in [0.05, 0.1) is 0 Å². The second kappa shape index (κ2) is 4.35. The Morgan fingerprint density at radius 3 is 1.62 bits per heavy atom.